The minimum atomic E-state index is -1.45. The maximum atomic E-state index is 10.5. The van der Waals surface area contributed by atoms with Gasteiger partial charge in [0.05, 0.1) is 6.61 Å². The van der Waals surface area contributed by atoms with Gasteiger partial charge in [-0.1, -0.05) is 44.7 Å². The Labute approximate surface area is 119 Å². The van der Waals surface area contributed by atoms with Gasteiger partial charge >= 0.3 is 6.16 Å². The molecule has 0 fully saturated rings. The van der Waals surface area contributed by atoms with Crippen LogP contribution in [0.4, 0.5) is 4.79 Å². The minimum absolute atomic E-state index is 0.0680. The lowest BCUT2D eigenvalue weighted by molar-refractivity contribution is 0.114. The molecule has 0 saturated heterocycles. The maximum Gasteiger partial charge on any atom is 0.511 e. The summed E-state index contributed by atoms with van der Waals surface area (Å²) in [5, 5.41) is 18.4. The number of para-hydroxylation sites is 1. The van der Waals surface area contributed by atoms with Crippen molar-refractivity contribution in [1.82, 2.24) is 0 Å². The number of rotatable bonds is 9. The highest BCUT2D eigenvalue weighted by atomic mass is 16.7. The second kappa shape index (κ2) is 9.20. The molecule has 0 radical (unpaired) electrons. The number of benzene rings is 1. The zero-order valence-corrected chi connectivity index (χ0v) is 11.8. The third kappa shape index (κ3) is 5.93. The summed E-state index contributed by atoms with van der Waals surface area (Å²) in [7, 11) is 0. The zero-order chi connectivity index (χ0) is 14.8. The largest absolute Gasteiger partial charge is 0.511 e. The van der Waals surface area contributed by atoms with Gasteiger partial charge in [-0.25, -0.2) is 4.79 Å². The monoisotopic (exact) mass is 282 g/mol. The quantitative estimate of drug-likeness (QED) is 0.407. The van der Waals surface area contributed by atoms with Crippen LogP contribution >= 0.6 is 0 Å². The minimum Gasteiger partial charge on any atom is -0.504 e. The van der Waals surface area contributed by atoms with E-state index in [1.165, 1.54) is 25.3 Å². The molecule has 5 nitrogen and oxygen atoms in total. The molecule has 1 aromatic carbocycles. The molecule has 1 rings (SSSR count). The predicted octanol–water partition coefficient (Wildman–Crippen LogP) is 3.94. The molecule has 1 aromatic rings. The number of carbonyl (C=O) groups is 1. The maximum absolute atomic E-state index is 10.5. The Morgan fingerprint density at radius 3 is 2.65 bits per heavy atom. The van der Waals surface area contributed by atoms with Crippen molar-refractivity contribution in [3.63, 3.8) is 0 Å². The Balaban J connectivity index is 2.35. The van der Waals surface area contributed by atoms with Crippen LogP contribution in [0, 0.1) is 0 Å². The van der Waals surface area contributed by atoms with E-state index in [-0.39, 0.29) is 18.1 Å². The van der Waals surface area contributed by atoms with Crippen LogP contribution in [0.3, 0.4) is 0 Å². The molecule has 0 heterocycles. The molecule has 112 valence electrons. The van der Waals surface area contributed by atoms with Crippen molar-refractivity contribution in [2.24, 2.45) is 0 Å². The van der Waals surface area contributed by atoms with Crippen molar-refractivity contribution in [2.75, 3.05) is 6.61 Å². The highest BCUT2D eigenvalue weighted by molar-refractivity contribution is 5.63. The lowest BCUT2D eigenvalue weighted by Crippen LogP contribution is -2.04. The number of aromatic hydroxyl groups is 1. The second-order valence-electron chi connectivity index (χ2n) is 4.60. The molecule has 0 aliphatic heterocycles. The first-order chi connectivity index (χ1) is 9.65. The smallest absolute Gasteiger partial charge is 0.504 e. The van der Waals surface area contributed by atoms with Gasteiger partial charge in [-0.05, 0) is 12.5 Å². The fraction of sp³-hybridized carbons (Fsp3) is 0.533. The van der Waals surface area contributed by atoms with E-state index in [4.69, 9.17) is 9.84 Å². The number of carboxylic acid groups (broad SMARTS) is 1. The zero-order valence-electron chi connectivity index (χ0n) is 11.8. The molecule has 0 unspecified atom stereocenters. The van der Waals surface area contributed by atoms with Crippen molar-refractivity contribution in [2.45, 2.75) is 45.6 Å². The van der Waals surface area contributed by atoms with Gasteiger partial charge in [0.1, 0.15) is 0 Å². The third-order valence-corrected chi connectivity index (χ3v) is 2.93. The van der Waals surface area contributed by atoms with Crippen LogP contribution in [0.5, 0.6) is 11.5 Å². The summed E-state index contributed by atoms with van der Waals surface area (Å²) in [6, 6.07) is 4.71. The van der Waals surface area contributed by atoms with Crippen molar-refractivity contribution >= 4 is 6.16 Å². The molecule has 0 amide bonds. The lowest BCUT2D eigenvalue weighted by Gasteiger charge is -2.09. The molecule has 0 aromatic heterocycles. The number of hydrogen-bond acceptors (Lipinski definition) is 4. The molecule has 0 saturated carbocycles. The fourth-order valence-corrected chi connectivity index (χ4v) is 1.85. The van der Waals surface area contributed by atoms with Gasteiger partial charge in [-0.2, -0.15) is 0 Å². The predicted molar refractivity (Wildman–Crippen MR) is 75.2 cm³/mol. The van der Waals surface area contributed by atoms with Gasteiger partial charge in [0.2, 0.25) is 0 Å². The van der Waals surface area contributed by atoms with E-state index in [0.29, 0.717) is 12.2 Å². The Morgan fingerprint density at radius 2 is 1.95 bits per heavy atom. The number of unbranched alkanes of at least 4 members (excludes halogenated alkanes) is 4. The summed E-state index contributed by atoms with van der Waals surface area (Å²) < 4.78 is 9.95. The van der Waals surface area contributed by atoms with E-state index in [9.17, 15) is 9.90 Å². The van der Waals surface area contributed by atoms with Gasteiger partial charge in [-0.3, -0.25) is 0 Å². The highest BCUT2D eigenvalue weighted by Gasteiger charge is 2.11. The number of phenols is 1. The number of hydrogen-bond donors (Lipinski definition) is 2. The van der Waals surface area contributed by atoms with Crippen LogP contribution in [0.2, 0.25) is 0 Å². The van der Waals surface area contributed by atoms with Crippen LogP contribution in [0.25, 0.3) is 0 Å². The van der Waals surface area contributed by atoms with Crippen molar-refractivity contribution in [1.29, 1.82) is 0 Å². The van der Waals surface area contributed by atoms with E-state index in [1.54, 1.807) is 12.1 Å². The molecule has 5 heteroatoms. The fourth-order valence-electron chi connectivity index (χ4n) is 1.85. The van der Waals surface area contributed by atoms with Crippen molar-refractivity contribution in [3.8, 4) is 11.5 Å². The Morgan fingerprint density at radius 1 is 1.20 bits per heavy atom. The van der Waals surface area contributed by atoms with Gasteiger partial charge in [0.25, 0.3) is 0 Å². The standard InChI is InChI=1S/C15H22O5/c1-2-3-4-5-6-10-19-11-12-8-7-9-13(14(12)16)20-15(17)18/h7-9,16H,2-6,10-11H2,1H3,(H,17,18). The van der Waals surface area contributed by atoms with Crippen LogP contribution in [0.1, 0.15) is 44.6 Å². The van der Waals surface area contributed by atoms with Gasteiger partial charge in [-0.15, -0.1) is 0 Å². The molecule has 0 aliphatic rings. The average Bonchev–Trinajstić information content (AvgIpc) is 2.41. The van der Waals surface area contributed by atoms with E-state index in [2.05, 4.69) is 11.7 Å². The van der Waals surface area contributed by atoms with Crippen molar-refractivity contribution < 1.29 is 24.5 Å². The van der Waals surface area contributed by atoms with E-state index in [1.807, 2.05) is 0 Å². The van der Waals surface area contributed by atoms with Crippen LogP contribution in [-0.2, 0) is 11.3 Å². The highest BCUT2D eigenvalue weighted by Crippen LogP contribution is 2.30. The first kappa shape index (κ1) is 16.3. The summed E-state index contributed by atoms with van der Waals surface area (Å²) in [5.41, 5.74) is 0.525. The number of phenolic OH excluding ortho intramolecular Hbond substituents is 1. The summed E-state index contributed by atoms with van der Waals surface area (Å²) in [6.45, 7) is 3.05. The molecule has 0 aliphatic carbocycles. The molecule has 0 atom stereocenters. The van der Waals surface area contributed by atoms with Gasteiger partial charge in [0, 0.05) is 12.2 Å². The van der Waals surface area contributed by atoms with Crippen LogP contribution in [0.15, 0.2) is 18.2 Å². The molecule has 2 N–H and O–H groups in total. The van der Waals surface area contributed by atoms with Gasteiger partial charge < -0.3 is 19.7 Å². The Bertz CT molecular complexity index is 417. The van der Waals surface area contributed by atoms with E-state index >= 15 is 0 Å². The molecular formula is C15H22O5. The lowest BCUT2D eigenvalue weighted by atomic mass is 10.1. The van der Waals surface area contributed by atoms with Crippen LogP contribution < -0.4 is 4.74 Å². The van der Waals surface area contributed by atoms with Crippen molar-refractivity contribution in [3.05, 3.63) is 23.8 Å². The second-order valence-corrected chi connectivity index (χ2v) is 4.60. The molecule has 20 heavy (non-hydrogen) atoms. The summed E-state index contributed by atoms with van der Waals surface area (Å²) in [5.74, 6) is -0.248. The first-order valence-electron chi connectivity index (χ1n) is 6.94. The summed E-state index contributed by atoms with van der Waals surface area (Å²) in [6.07, 6.45) is 4.36. The van der Waals surface area contributed by atoms with Gasteiger partial charge in [0.15, 0.2) is 11.5 Å². The average molecular weight is 282 g/mol. The number of ether oxygens (including phenoxy) is 2. The third-order valence-electron chi connectivity index (χ3n) is 2.93. The Kier molecular flexibility index (Phi) is 7.50. The Hall–Kier alpha value is -1.75. The topological polar surface area (TPSA) is 76.0 Å². The van der Waals surface area contributed by atoms with E-state index in [0.717, 1.165) is 12.8 Å². The van der Waals surface area contributed by atoms with Crippen LogP contribution in [-0.4, -0.2) is 23.0 Å². The summed E-state index contributed by atoms with van der Waals surface area (Å²) in [4.78, 5) is 10.5. The normalized spacial score (nSPS) is 10.4. The molecule has 0 bridgehead atoms. The molecule has 0 spiro atoms. The SMILES string of the molecule is CCCCCCCOCc1cccc(OC(=O)O)c1O. The molecular weight excluding hydrogens is 260 g/mol. The van der Waals surface area contributed by atoms with E-state index < -0.39 is 6.16 Å². The first-order valence-corrected chi connectivity index (χ1v) is 6.94. The summed E-state index contributed by atoms with van der Waals surface area (Å²) >= 11 is 0.